The summed E-state index contributed by atoms with van der Waals surface area (Å²) in [6.07, 6.45) is 13.6. The van der Waals surface area contributed by atoms with Crippen molar-refractivity contribution in [2.24, 2.45) is 7.05 Å². The fraction of sp³-hybridized carbons (Fsp3) is 0.242. The Hall–Kier alpha value is -5.63. The molecule has 2 N–H and O–H groups in total. The highest BCUT2D eigenvalue weighted by Gasteiger charge is 2.31. The molecule has 0 atom stereocenters. The van der Waals surface area contributed by atoms with E-state index in [0.29, 0.717) is 29.6 Å². The van der Waals surface area contributed by atoms with Crippen LogP contribution in [0.1, 0.15) is 36.8 Å². The third-order valence-electron chi connectivity index (χ3n) is 7.80. The lowest BCUT2D eigenvalue weighted by Crippen LogP contribution is -2.49. The van der Waals surface area contributed by atoms with Crippen LogP contribution >= 0.6 is 0 Å². The second kappa shape index (κ2) is 13.1. The minimum Gasteiger partial charge on any atom is -0.351 e. The van der Waals surface area contributed by atoms with Crippen LogP contribution in [0, 0.1) is 11.3 Å². The quantitative estimate of drug-likeness (QED) is 0.249. The molecule has 1 saturated carbocycles. The summed E-state index contributed by atoms with van der Waals surface area (Å²) in [5, 5.41) is 20.4. The summed E-state index contributed by atoms with van der Waals surface area (Å²) in [6.45, 7) is 0.427. The molecule has 6 rings (SSSR count). The van der Waals surface area contributed by atoms with E-state index in [1.807, 2.05) is 67.8 Å². The Morgan fingerprint density at radius 3 is 2.43 bits per heavy atom. The van der Waals surface area contributed by atoms with Crippen molar-refractivity contribution in [1.82, 2.24) is 35.0 Å². The van der Waals surface area contributed by atoms with Crippen molar-refractivity contribution in [1.29, 1.82) is 5.26 Å². The standard InChI is InChI=1S/C33H32N10O/c1-42-22-27(21-39-42)25-7-12-30(36-19-25)43(33(44)38-18-23-5-3-2-4-6-23)29-10-8-28(9-11-29)40-32-37-20-26(17-34)31(41-32)24-13-15-35-16-14-24/h2-7,12-16,19-22,28-29H,8-11,18H2,1H3,(H,38,44)(H,37,40,41)/t28-,29-. The lowest BCUT2D eigenvalue weighted by molar-refractivity contribution is 0.240. The zero-order chi connectivity index (χ0) is 30.3. The van der Waals surface area contributed by atoms with Crippen LogP contribution in [0.25, 0.3) is 22.4 Å². The highest BCUT2D eigenvalue weighted by molar-refractivity contribution is 5.91. The van der Waals surface area contributed by atoms with Gasteiger partial charge in [0, 0.05) is 67.2 Å². The van der Waals surface area contributed by atoms with Crippen LogP contribution in [0.5, 0.6) is 0 Å². The molecule has 2 amide bonds. The minimum absolute atomic E-state index is 0.0326. The maximum atomic E-state index is 13.7. The van der Waals surface area contributed by atoms with E-state index in [1.165, 1.54) is 0 Å². The van der Waals surface area contributed by atoms with Gasteiger partial charge in [-0.25, -0.2) is 19.7 Å². The number of anilines is 2. The van der Waals surface area contributed by atoms with Crippen LogP contribution < -0.4 is 15.5 Å². The summed E-state index contributed by atoms with van der Waals surface area (Å²) in [5.74, 6) is 1.08. The molecule has 4 heterocycles. The molecule has 5 aromatic rings. The maximum Gasteiger partial charge on any atom is 0.323 e. The topological polar surface area (TPSA) is 138 Å². The van der Waals surface area contributed by atoms with Crippen LogP contribution in [0.3, 0.4) is 0 Å². The van der Waals surface area contributed by atoms with Gasteiger partial charge in [0.1, 0.15) is 11.9 Å². The highest BCUT2D eigenvalue weighted by Crippen LogP contribution is 2.30. The first-order valence-electron chi connectivity index (χ1n) is 14.6. The number of hydrogen-bond acceptors (Lipinski definition) is 8. The van der Waals surface area contributed by atoms with E-state index in [1.54, 1.807) is 40.6 Å². The van der Waals surface area contributed by atoms with Crippen LogP contribution in [-0.4, -0.2) is 47.8 Å². The molecule has 44 heavy (non-hydrogen) atoms. The third-order valence-corrected chi connectivity index (χ3v) is 7.80. The Morgan fingerprint density at radius 1 is 0.955 bits per heavy atom. The third kappa shape index (κ3) is 6.55. The van der Waals surface area contributed by atoms with Gasteiger partial charge < -0.3 is 10.6 Å². The summed E-state index contributed by atoms with van der Waals surface area (Å²) in [7, 11) is 1.88. The number of carbonyl (C=O) groups is 1. The van der Waals surface area contributed by atoms with Gasteiger partial charge in [0.15, 0.2) is 0 Å². The predicted molar refractivity (Wildman–Crippen MR) is 167 cm³/mol. The molecule has 1 fully saturated rings. The number of urea groups is 1. The van der Waals surface area contributed by atoms with Crippen molar-refractivity contribution < 1.29 is 4.79 Å². The van der Waals surface area contributed by atoms with Crippen LogP contribution in [0.15, 0.2) is 91.8 Å². The van der Waals surface area contributed by atoms with Gasteiger partial charge in [-0.2, -0.15) is 10.4 Å². The average Bonchev–Trinajstić information content (AvgIpc) is 3.52. The molecule has 0 saturated heterocycles. The minimum atomic E-state index is -0.177. The molecule has 1 aromatic carbocycles. The molecule has 11 heteroatoms. The number of pyridine rings is 2. The molecular formula is C33H32N10O. The first-order chi connectivity index (χ1) is 21.6. The van der Waals surface area contributed by atoms with Crippen LogP contribution in [-0.2, 0) is 13.6 Å². The first-order valence-corrected chi connectivity index (χ1v) is 14.6. The smallest absolute Gasteiger partial charge is 0.323 e. The average molecular weight is 585 g/mol. The molecule has 0 spiro atoms. The van der Waals surface area contributed by atoms with E-state index in [0.717, 1.165) is 47.9 Å². The number of nitrogens with zero attached hydrogens (tertiary/aromatic N) is 8. The lowest BCUT2D eigenvalue weighted by Gasteiger charge is -2.36. The van der Waals surface area contributed by atoms with Crippen LogP contribution in [0.4, 0.5) is 16.6 Å². The monoisotopic (exact) mass is 584 g/mol. The molecule has 11 nitrogen and oxygen atoms in total. The van der Waals surface area contributed by atoms with Crippen molar-refractivity contribution in [3.8, 4) is 28.5 Å². The number of hydrogen-bond donors (Lipinski definition) is 2. The SMILES string of the molecule is Cn1cc(-c2ccc(N(C(=O)NCc3ccccc3)[C@H]3CC[C@H](Nc4ncc(C#N)c(-c5ccncc5)n4)CC3)nc2)cn1. The molecule has 4 aromatic heterocycles. The second-order valence-corrected chi connectivity index (χ2v) is 10.8. The fourth-order valence-corrected chi connectivity index (χ4v) is 5.51. The maximum absolute atomic E-state index is 13.7. The molecule has 0 radical (unpaired) electrons. The summed E-state index contributed by atoms with van der Waals surface area (Å²) in [4.78, 5) is 33.3. The van der Waals surface area contributed by atoms with Crippen LogP contribution in [0.2, 0.25) is 0 Å². The van der Waals surface area contributed by atoms with Crippen molar-refractivity contribution in [3.05, 3.63) is 103 Å². The normalized spacial score (nSPS) is 16.1. The summed E-state index contributed by atoms with van der Waals surface area (Å²) >= 11 is 0. The molecule has 0 unspecified atom stereocenters. The van der Waals surface area contributed by atoms with Gasteiger partial charge >= 0.3 is 6.03 Å². The summed E-state index contributed by atoms with van der Waals surface area (Å²) < 4.78 is 1.75. The second-order valence-electron chi connectivity index (χ2n) is 10.8. The van der Waals surface area contributed by atoms with Gasteiger partial charge in [-0.05, 0) is 55.5 Å². The number of nitrogens with one attached hydrogen (secondary N) is 2. The van der Waals surface area contributed by atoms with E-state index in [-0.39, 0.29) is 18.1 Å². The van der Waals surface area contributed by atoms with Crippen molar-refractivity contribution in [2.75, 3.05) is 10.2 Å². The van der Waals surface area contributed by atoms with Gasteiger partial charge in [0.2, 0.25) is 5.95 Å². The van der Waals surface area contributed by atoms with E-state index in [2.05, 4.69) is 36.8 Å². The number of aryl methyl sites for hydroxylation is 1. The number of aromatic nitrogens is 6. The van der Waals surface area contributed by atoms with E-state index >= 15 is 0 Å². The number of benzene rings is 1. The van der Waals surface area contributed by atoms with Crippen molar-refractivity contribution in [2.45, 2.75) is 44.3 Å². The van der Waals surface area contributed by atoms with Gasteiger partial charge in [0.25, 0.3) is 0 Å². The Kier molecular flexibility index (Phi) is 8.50. The molecule has 0 bridgehead atoms. The summed E-state index contributed by atoms with van der Waals surface area (Å²) in [5.41, 5.74) is 4.73. The van der Waals surface area contributed by atoms with Crippen molar-refractivity contribution >= 4 is 17.8 Å². The Labute approximate surface area is 255 Å². The van der Waals surface area contributed by atoms with E-state index in [4.69, 9.17) is 4.98 Å². The van der Waals surface area contributed by atoms with Gasteiger partial charge in [-0.3, -0.25) is 14.6 Å². The van der Waals surface area contributed by atoms with Gasteiger partial charge in [0.05, 0.1) is 23.7 Å². The number of rotatable bonds is 8. The Bertz CT molecular complexity index is 1740. The van der Waals surface area contributed by atoms with E-state index < -0.39 is 0 Å². The highest BCUT2D eigenvalue weighted by atomic mass is 16.2. The summed E-state index contributed by atoms with van der Waals surface area (Å²) in [6, 6.07) is 19.5. The van der Waals surface area contributed by atoms with Crippen molar-refractivity contribution in [3.63, 3.8) is 0 Å². The lowest BCUT2D eigenvalue weighted by atomic mass is 9.90. The Morgan fingerprint density at radius 2 is 1.75 bits per heavy atom. The van der Waals surface area contributed by atoms with Gasteiger partial charge in [-0.1, -0.05) is 30.3 Å². The zero-order valence-corrected chi connectivity index (χ0v) is 24.3. The molecular weight excluding hydrogens is 552 g/mol. The van der Waals surface area contributed by atoms with Gasteiger partial charge in [-0.15, -0.1) is 0 Å². The number of carbonyl (C=O) groups excluding carboxylic acids is 1. The molecule has 0 aliphatic heterocycles. The molecule has 1 aliphatic carbocycles. The number of amides is 2. The molecule has 1 aliphatic rings. The fourth-order valence-electron chi connectivity index (χ4n) is 5.51. The number of nitriles is 1. The predicted octanol–water partition coefficient (Wildman–Crippen LogP) is 5.35. The van der Waals surface area contributed by atoms with E-state index in [9.17, 15) is 10.1 Å². The Balaban J connectivity index is 1.17. The first kappa shape index (κ1) is 28.5. The zero-order valence-electron chi connectivity index (χ0n) is 24.3. The molecule has 220 valence electrons. The largest absolute Gasteiger partial charge is 0.351 e.